The normalized spacial score (nSPS) is 21.5. The highest BCUT2D eigenvalue weighted by Gasteiger charge is 2.37. The number of fused-ring (bicyclic) bond motifs is 1. The van der Waals surface area contributed by atoms with Gasteiger partial charge in [0.2, 0.25) is 5.91 Å². The molecule has 0 aliphatic carbocycles. The van der Waals surface area contributed by atoms with Crippen LogP contribution in [0.2, 0.25) is 0 Å². The third kappa shape index (κ3) is 3.84. The molecular formula is C23H27N3O3S. The maximum Gasteiger partial charge on any atom is 0.264 e. The summed E-state index contributed by atoms with van der Waals surface area (Å²) < 4.78 is 5.60. The highest BCUT2D eigenvalue weighted by molar-refractivity contribution is 7.12. The molecule has 7 heteroatoms. The van der Waals surface area contributed by atoms with Gasteiger partial charge in [0.25, 0.3) is 5.91 Å². The fraction of sp³-hybridized carbons (Fsp3) is 0.478. The van der Waals surface area contributed by atoms with E-state index in [1.165, 1.54) is 22.5 Å². The molecule has 0 spiro atoms. The molecule has 1 aromatic carbocycles. The van der Waals surface area contributed by atoms with Crippen LogP contribution < -0.4 is 4.74 Å². The number of hydrogen-bond acceptors (Lipinski definition) is 5. The van der Waals surface area contributed by atoms with E-state index in [1.807, 2.05) is 22.4 Å². The van der Waals surface area contributed by atoms with Crippen LogP contribution in [0.3, 0.4) is 0 Å². The highest BCUT2D eigenvalue weighted by Crippen LogP contribution is 2.27. The molecule has 6 nitrogen and oxygen atoms in total. The SMILES string of the molecule is O=C(C1CCCN1C(=O)c1cccs1)N1CCN(Cc2ccc3c(c2)CCO3)CC1. The zero-order chi connectivity index (χ0) is 20.5. The molecule has 4 heterocycles. The van der Waals surface area contributed by atoms with Crippen LogP contribution in [0.4, 0.5) is 0 Å². The summed E-state index contributed by atoms with van der Waals surface area (Å²) in [5.74, 6) is 1.14. The topological polar surface area (TPSA) is 53.1 Å². The lowest BCUT2D eigenvalue weighted by molar-refractivity contribution is -0.137. The Labute approximate surface area is 181 Å². The van der Waals surface area contributed by atoms with Crippen LogP contribution in [0.15, 0.2) is 35.7 Å². The zero-order valence-corrected chi connectivity index (χ0v) is 17.9. The second-order valence-corrected chi connectivity index (χ2v) is 9.22. The molecular weight excluding hydrogens is 398 g/mol. The van der Waals surface area contributed by atoms with Crippen molar-refractivity contribution in [3.63, 3.8) is 0 Å². The van der Waals surface area contributed by atoms with Crippen molar-refractivity contribution < 1.29 is 14.3 Å². The summed E-state index contributed by atoms with van der Waals surface area (Å²) in [6.07, 6.45) is 2.66. The molecule has 3 aliphatic rings. The first kappa shape index (κ1) is 19.6. The lowest BCUT2D eigenvalue weighted by Crippen LogP contribution is -2.54. The summed E-state index contributed by atoms with van der Waals surface area (Å²) in [6, 6.07) is 9.91. The number of hydrogen-bond donors (Lipinski definition) is 0. The molecule has 1 aromatic heterocycles. The van der Waals surface area contributed by atoms with Gasteiger partial charge in [0.1, 0.15) is 11.8 Å². The Morgan fingerprint density at radius 1 is 1.10 bits per heavy atom. The predicted octanol–water partition coefficient (Wildman–Crippen LogP) is 2.63. The molecule has 0 N–H and O–H groups in total. The largest absolute Gasteiger partial charge is 0.493 e. The van der Waals surface area contributed by atoms with E-state index in [2.05, 4.69) is 23.1 Å². The van der Waals surface area contributed by atoms with Crippen LogP contribution >= 0.6 is 11.3 Å². The minimum Gasteiger partial charge on any atom is -0.493 e. The number of ether oxygens (including phenoxy) is 1. The Balaban J connectivity index is 1.17. The van der Waals surface area contributed by atoms with Gasteiger partial charge in [0, 0.05) is 45.7 Å². The van der Waals surface area contributed by atoms with Crippen LogP contribution in [0.5, 0.6) is 5.75 Å². The number of benzene rings is 1. The van der Waals surface area contributed by atoms with Crippen molar-refractivity contribution in [1.29, 1.82) is 0 Å². The Morgan fingerprint density at radius 2 is 1.97 bits per heavy atom. The van der Waals surface area contributed by atoms with Gasteiger partial charge in [-0.3, -0.25) is 14.5 Å². The Kier molecular flexibility index (Phi) is 5.48. The molecule has 0 radical (unpaired) electrons. The van der Waals surface area contributed by atoms with Gasteiger partial charge in [-0.15, -0.1) is 11.3 Å². The number of likely N-dealkylation sites (tertiary alicyclic amines) is 1. The quantitative estimate of drug-likeness (QED) is 0.756. The van der Waals surface area contributed by atoms with Crippen molar-refractivity contribution in [2.45, 2.75) is 31.8 Å². The molecule has 158 valence electrons. The second-order valence-electron chi connectivity index (χ2n) is 8.28. The fourth-order valence-electron chi connectivity index (χ4n) is 4.74. The van der Waals surface area contributed by atoms with Crippen LogP contribution in [0.1, 0.15) is 33.6 Å². The molecule has 2 saturated heterocycles. The van der Waals surface area contributed by atoms with Gasteiger partial charge >= 0.3 is 0 Å². The van der Waals surface area contributed by atoms with Gasteiger partial charge in [-0.2, -0.15) is 0 Å². The third-order valence-electron chi connectivity index (χ3n) is 6.37. The molecule has 1 atom stereocenters. The number of piperazine rings is 1. The Morgan fingerprint density at radius 3 is 2.77 bits per heavy atom. The van der Waals surface area contributed by atoms with E-state index < -0.39 is 0 Å². The smallest absolute Gasteiger partial charge is 0.264 e. The van der Waals surface area contributed by atoms with E-state index in [4.69, 9.17) is 4.74 Å². The summed E-state index contributed by atoms with van der Waals surface area (Å²) in [5.41, 5.74) is 2.61. The first-order chi connectivity index (χ1) is 14.7. The summed E-state index contributed by atoms with van der Waals surface area (Å²) in [5, 5.41) is 1.91. The first-order valence-electron chi connectivity index (χ1n) is 10.8. The average Bonchev–Trinajstić information content (AvgIpc) is 3.54. The summed E-state index contributed by atoms with van der Waals surface area (Å²) in [6.45, 7) is 5.55. The van der Waals surface area contributed by atoms with Gasteiger partial charge in [-0.25, -0.2) is 0 Å². The number of thiophene rings is 1. The number of nitrogens with zero attached hydrogens (tertiary/aromatic N) is 3. The van der Waals surface area contributed by atoms with Crippen molar-refractivity contribution in [2.75, 3.05) is 39.3 Å². The molecule has 2 fully saturated rings. The summed E-state index contributed by atoms with van der Waals surface area (Å²) in [4.78, 5) is 32.8. The van der Waals surface area contributed by atoms with Crippen molar-refractivity contribution in [3.8, 4) is 5.75 Å². The van der Waals surface area contributed by atoms with E-state index >= 15 is 0 Å². The monoisotopic (exact) mass is 425 g/mol. The molecule has 0 saturated carbocycles. The minimum absolute atomic E-state index is 0.0000696. The fourth-order valence-corrected chi connectivity index (χ4v) is 5.42. The van der Waals surface area contributed by atoms with Gasteiger partial charge in [0.05, 0.1) is 11.5 Å². The minimum atomic E-state index is -0.303. The summed E-state index contributed by atoms with van der Waals surface area (Å²) >= 11 is 1.45. The Bertz CT molecular complexity index is 922. The molecule has 5 rings (SSSR count). The van der Waals surface area contributed by atoms with E-state index in [9.17, 15) is 9.59 Å². The van der Waals surface area contributed by atoms with Gasteiger partial charge < -0.3 is 14.5 Å². The number of carbonyl (C=O) groups is 2. The molecule has 30 heavy (non-hydrogen) atoms. The van der Waals surface area contributed by atoms with Crippen LogP contribution in [-0.4, -0.2) is 71.9 Å². The maximum atomic E-state index is 13.2. The van der Waals surface area contributed by atoms with E-state index in [1.54, 1.807) is 4.90 Å². The molecule has 2 amide bonds. The van der Waals surface area contributed by atoms with Crippen LogP contribution in [0, 0.1) is 0 Å². The van der Waals surface area contributed by atoms with E-state index in [0.29, 0.717) is 6.54 Å². The molecule has 3 aliphatic heterocycles. The Hall–Kier alpha value is -2.38. The van der Waals surface area contributed by atoms with E-state index in [0.717, 1.165) is 69.2 Å². The first-order valence-corrected chi connectivity index (χ1v) is 11.7. The van der Waals surface area contributed by atoms with Crippen LogP contribution in [0.25, 0.3) is 0 Å². The van der Waals surface area contributed by atoms with Crippen molar-refractivity contribution in [3.05, 3.63) is 51.7 Å². The molecule has 2 aromatic rings. The molecule has 0 bridgehead atoms. The lowest BCUT2D eigenvalue weighted by Gasteiger charge is -2.37. The molecule has 1 unspecified atom stereocenters. The number of carbonyl (C=O) groups excluding carboxylic acids is 2. The van der Waals surface area contributed by atoms with Gasteiger partial charge in [-0.1, -0.05) is 18.2 Å². The average molecular weight is 426 g/mol. The number of amides is 2. The lowest BCUT2D eigenvalue weighted by atomic mass is 10.1. The zero-order valence-electron chi connectivity index (χ0n) is 17.1. The van der Waals surface area contributed by atoms with E-state index in [-0.39, 0.29) is 17.9 Å². The maximum absolute atomic E-state index is 13.2. The third-order valence-corrected chi connectivity index (χ3v) is 7.23. The second kappa shape index (κ2) is 8.40. The van der Waals surface area contributed by atoms with Crippen molar-refractivity contribution >= 4 is 23.2 Å². The van der Waals surface area contributed by atoms with Gasteiger partial charge in [-0.05, 0) is 41.5 Å². The summed E-state index contributed by atoms with van der Waals surface area (Å²) in [7, 11) is 0. The highest BCUT2D eigenvalue weighted by atomic mass is 32.1. The van der Waals surface area contributed by atoms with Crippen LogP contribution in [-0.2, 0) is 17.8 Å². The standard InChI is InChI=1S/C23H27N3O3S/c27-22(19-3-1-8-26(19)23(28)21-4-2-14-30-21)25-11-9-24(10-12-25)16-17-5-6-20-18(15-17)7-13-29-20/h2,4-6,14-15,19H,1,3,7-13,16H2. The number of rotatable bonds is 4. The predicted molar refractivity (Wildman–Crippen MR) is 116 cm³/mol. The van der Waals surface area contributed by atoms with Crippen molar-refractivity contribution in [2.24, 2.45) is 0 Å². The van der Waals surface area contributed by atoms with Gasteiger partial charge in [0.15, 0.2) is 0 Å². The van der Waals surface area contributed by atoms with Crippen molar-refractivity contribution in [1.82, 2.24) is 14.7 Å².